The summed E-state index contributed by atoms with van der Waals surface area (Å²) in [4.78, 5) is 2.58. The number of piperidine rings is 1. The largest absolute Gasteiger partial charge is 0.492 e. The first-order valence-electron chi connectivity index (χ1n) is 9.15. The van der Waals surface area contributed by atoms with Crippen LogP contribution in [0.2, 0.25) is 5.02 Å². The van der Waals surface area contributed by atoms with E-state index in [1.807, 2.05) is 12.1 Å². The summed E-state index contributed by atoms with van der Waals surface area (Å²) in [7, 11) is 0. The van der Waals surface area contributed by atoms with Gasteiger partial charge in [-0.25, -0.2) is 0 Å². The molecule has 3 nitrogen and oxygen atoms in total. The van der Waals surface area contributed by atoms with E-state index >= 15 is 0 Å². The summed E-state index contributed by atoms with van der Waals surface area (Å²) in [5.74, 6) is 1.59. The van der Waals surface area contributed by atoms with Gasteiger partial charge in [0.15, 0.2) is 0 Å². The Balaban J connectivity index is 1.69. The van der Waals surface area contributed by atoms with Crippen molar-refractivity contribution in [3.63, 3.8) is 0 Å². The summed E-state index contributed by atoms with van der Waals surface area (Å²) < 4.78 is 6.29. The third-order valence-corrected chi connectivity index (χ3v) is 5.55. The minimum Gasteiger partial charge on any atom is -0.492 e. The minimum absolute atomic E-state index is 0.525. The van der Waals surface area contributed by atoms with E-state index in [0.29, 0.717) is 12.0 Å². The van der Waals surface area contributed by atoms with Crippen LogP contribution in [0.5, 0.6) is 5.75 Å². The number of rotatable bonds is 6. The van der Waals surface area contributed by atoms with E-state index in [-0.39, 0.29) is 0 Å². The van der Waals surface area contributed by atoms with Crippen LogP contribution in [-0.4, -0.2) is 43.7 Å². The second kappa shape index (κ2) is 8.36. The lowest BCUT2D eigenvalue weighted by molar-refractivity contribution is 0.154. The number of benzene rings is 1. The van der Waals surface area contributed by atoms with Gasteiger partial charge in [-0.15, -0.1) is 0 Å². The molecule has 0 amide bonds. The zero-order valence-electron chi connectivity index (χ0n) is 14.2. The first-order valence-corrected chi connectivity index (χ1v) is 9.52. The molecule has 2 heterocycles. The molecule has 0 spiro atoms. The highest BCUT2D eigenvalue weighted by molar-refractivity contribution is 6.30. The van der Waals surface area contributed by atoms with Crippen LogP contribution in [0.4, 0.5) is 0 Å². The number of nitrogens with one attached hydrogen (secondary N) is 1. The minimum atomic E-state index is 0.525. The Bertz CT molecular complexity index is 496. The number of halogens is 1. The molecule has 0 aromatic heterocycles. The van der Waals surface area contributed by atoms with E-state index in [1.165, 1.54) is 44.3 Å². The Labute approximate surface area is 145 Å². The average Bonchev–Trinajstić information content (AvgIpc) is 3.11. The molecule has 2 fully saturated rings. The van der Waals surface area contributed by atoms with E-state index in [0.717, 1.165) is 36.9 Å². The highest BCUT2D eigenvalue weighted by atomic mass is 35.5. The number of ether oxygens (including phenoxy) is 1. The Morgan fingerprint density at radius 1 is 1.26 bits per heavy atom. The van der Waals surface area contributed by atoms with Crippen molar-refractivity contribution in [3.05, 3.63) is 28.8 Å². The summed E-state index contributed by atoms with van der Waals surface area (Å²) in [5, 5.41) is 4.21. The van der Waals surface area contributed by atoms with E-state index < -0.39 is 0 Å². The molecule has 1 atom stereocenters. The van der Waals surface area contributed by atoms with Gasteiger partial charge in [0.05, 0.1) is 0 Å². The van der Waals surface area contributed by atoms with Crippen LogP contribution in [0.15, 0.2) is 18.2 Å². The second-order valence-electron chi connectivity index (χ2n) is 6.82. The van der Waals surface area contributed by atoms with Crippen LogP contribution >= 0.6 is 11.6 Å². The summed E-state index contributed by atoms with van der Waals surface area (Å²) in [6.45, 7) is 7.67. The fraction of sp³-hybridized carbons (Fsp3) is 0.684. The predicted molar refractivity (Wildman–Crippen MR) is 96.7 cm³/mol. The smallest absolute Gasteiger partial charge is 0.124 e. The van der Waals surface area contributed by atoms with Crippen LogP contribution < -0.4 is 10.1 Å². The lowest BCUT2D eigenvalue weighted by atomic mass is 9.89. The van der Waals surface area contributed by atoms with Crippen molar-refractivity contribution in [3.8, 4) is 5.75 Å². The van der Waals surface area contributed by atoms with Crippen LogP contribution in [0, 0.1) is 0 Å². The number of likely N-dealkylation sites (tertiary alicyclic amines) is 1. The fourth-order valence-electron chi connectivity index (χ4n) is 3.88. The van der Waals surface area contributed by atoms with E-state index in [1.54, 1.807) is 0 Å². The first-order chi connectivity index (χ1) is 11.3. The first kappa shape index (κ1) is 17.1. The Kier molecular flexibility index (Phi) is 6.21. The molecule has 1 aromatic carbocycles. The van der Waals surface area contributed by atoms with Crippen LogP contribution in [0.3, 0.4) is 0 Å². The van der Waals surface area contributed by atoms with Gasteiger partial charge in [0.25, 0.3) is 0 Å². The standard InChI is InChI=1S/C19H29ClN2O/c1-2-17(22-11-3-4-12-22)14-23-19-13-16(20)5-6-18(19)15-7-9-21-10-8-15/h5-6,13,15,17,21H,2-4,7-12,14H2,1H3/t17-/m1/s1. The maximum Gasteiger partial charge on any atom is 0.124 e. The SMILES string of the molecule is CC[C@H](COc1cc(Cl)ccc1C1CCNCC1)N1CCCC1. The summed E-state index contributed by atoms with van der Waals surface area (Å²) >= 11 is 6.23. The van der Waals surface area contributed by atoms with Crippen molar-refractivity contribution in [2.24, 2.45) is 0 Å². The molecule has 4 heteroatoms. The van der Waals surface area contributed by atoms with Crippen LogP contribution in [0.1, 0.15) is 50.5 Å². The van der Waals surface area contributed by atoms with Gasteiger partial charge in [0, 0.05) is 11.1 Å². The number of hydrogen-bond acceptors (Lipinski definition) is 3. The lowest BCUT2D eigenvalue weighted by Crippen LogP contribution is -2.37. The highest BCUT2D eigenvalue weighted by Crippen LogP contribution is 2.34. The number of hydrogen-bond donors (Lipinski definition) is 1. The zero-order valence-corrected chi connectivity index (χ0v) is 14.9. The molecule has 128 valence electrons. The zero-order chi connectivity index (χ0) is 16.1. The quantitative estimate of drug-likeness (QED) is 0.847. The lowest BCUT2D eigenvalue weighted by Gasteiger charge is -2.28. The van der Waals surface area contributed by atoms with Crippen LogP contribution in [-0.2, 0) is 0 Å². The van der Waals surface area contributed by atoms with Gasteiger partial charge in [-0.2, -0.15) is 0 Å². The summed E-state index contributed by atoms with van der Waals surface area (Å²) in [5.41, 5.74) is 1.34. The molecular formula is C19H29ClN2O. The molecular weight excluding hydrogens is 308 g/mol. The Morgan fingerprint density at radius 2 is 2.00 bits per heavy atom. The molecule has 1 N–H and O–H groups in total. The van der Waals surface area contributed by atoms with E-state index in [4.69, 9.17) is 16.3 Å². The molecule has 2 saturated heterocycles. The van der Waals surface area contributed by atoms with E-state index in [2.05, 4.69) is 23.2 Å². The molecule has 3 rings (SSSR count). The van der Waals surface area contributed by atoms with Gasteiger partial charge in [0.1, 0.15) is 12.4 Å². The van der Waals surface area contributed by atoms with Gasteiger partial charge in [0.2, 0.25) is 0 Å². The molecule has 0 radical (unpaired) electrons. The predicted octanol–water partition coefficient (Wildman–Crippen LogP) is 4.06. The third kappa shape index (κ3) is 4.40. The van der Waals surface area contributed by atoms with Gasteiger partial charge in [-0.1, -0.05) is 24.6 Å². The molecule has 23 heavy (non-hydrogen) atoms. The molecule has 2 aliphatic rings. The van der Waals surface area contributed by atoms with E-state index in [9.17, 15) is 0 Å². The van der Waals surface area contributed by atoms with Crippen molar-refractivity contribution < 1.29 is 4.74 Å². The van der Waals surface area contributed by atoms with Crippen LogP contribution in [0.25, 0.3) is 0 Å². The van der Waals surface area contributed by atoms with Crippen molar-refractivity contribution in [1.29, 1.82) is 0 Å². The fourth-order valence-corrected chi connectivity index (χ4v) is 4.04. The van der Waals surface area contributed by atoms with Crippen molar-refractivity contribution in [2.75, 3.05) is 32.8 Å². The molecule has 1 aromatic rings. The molecule has 0 aliphatic carbocycles. The number of nitrogens with zero attached hydrogens (tertiary/aromatic N) is 1. The second-order valence-corrected chi connectivity index (χ2v) is 7.26. The molecule has 2 aliphatic heterocycles. The third-order valence-electron chi connectivity index (χ3n) is 5.31. The molecule has 0 unspecified atom stereocenters. The average molecular weight is 337 g/mol. The monoisotopic (exact) mass is 336 g/mol. The normalized spacial score (nSPS) is 21.5. The molecule has 0 bridgehead atoms. The summed E-state index contributed by atoms with van der Waals surface area (Å²) in [6.07, 6.45) is 6.16. The topological polar surface area (TPSA) is 24.5 Å². The van der Waals surface area contributed by atoms with Gasteiger partial charge in [-0.3, -0.25) is 4.90 Å². The van der Waals surface area contributed by atoms with Crippen molar-refractivity contribution in [1.82, 2.24) is 10.2 Å². The Morgan fingerprint density at radius 3 is 2.70 bits per heavy atom. The summed E-state index contributed by atoms with van der Waals surface area (Å²) in [6, 6.07) is 6.71. The van der Waals surface area contributed by atoms with Crippen molar-refractivity contribution >= 4 is 11.6 Å². The van der Waals surface area contributed by atoms with Crippen molar-refractivity contribution in [2.45, 2.75) is 51.0 Å². The Hall–Kier alpha value is -0.770. The van der Waals surface area contributed by atoms with Gasteiger partial charge in [-0.05, 0) is 81.9 Å². The molecule has 0 saturated carbocycles. The maximum absolute atomic E-state index is 6.29. The highest BCUT2D eigenvalue weighted by Gasteiger charge is 2.23. The maximum atomic E-state index is 6.29. The van der Waals surface area contributed by atoms with Gasteiger partial charge < -0.3 is 10.1 Å². The van der Waals surface area contributed by atoms with Gasteiger partial charge >= 0.3 is 0 Å².